The molecule has 3 rings (SSSR count). The standard InChI is InChI=1S/C18H22N4O3/c1-11-7-13-14(8-12(11)2)21-15(9-16(13)23)18(25)20-10-17(24)22-5-3-19-4-6-22/h7-9,19H,3-6,10H2,1-2H3,(H,20,25)(H,21,23). The summed E-state index contributed by atoms with van der Waals surface area (Å²) in [4.78, 5) is 41.4. The van der Waals surface area contributed by atoms with Crippen LogP contribution in [-0.4, -0.2) is 54.4 Å². The molecule has 2 heterocycles. The Morgan fingerprint density at radius 2 is 1.80 bits per heavy atom. The van der Waals surface area contributed by atoms with Gasteiger partial charge in [-0.05, 0) is 37.1 Å². The Labute approximate surface area is 145 Å². The first-order valence-corrected chi connectivity index (χ1v) is 8.36. The number of hydrogen-bond acceptors (Lipinski definition) is 4. The van der Waals surface area contributed by atoms with Crippen molar-refractivity contribution in [1.29, 1.82) is 0 Å². The molecule has 132 valence electrons. The Morgan fingerprint density at radius 1 is 1.12 bits per heavy atom. The molecule has 7 heteroatoms. The molecule has 1 fully saturated rings. The number of aromatic nitrogens is 1. The minimum Gasteiger partial charge on any atom is -0.350 e. The van der Waals surface area contributed by atoms with E-state index in [0.717, 1.165) is 24.2 Å². The zero-order chi connectivity index (χ0) is 18.0. The van der Waals surface area contributed by atoms with Gasteiger partial charge >= 0.3 is 0 Å². The number of aryl methyl sites for hydroxylation is 2. The van der Waals surface area contributed by atoms with E-state index < -0.39 is 5.91 Å². The van der Waals surface area contributed by atoms with E-state index in [1.54, 1.807) is 4.90 Å². The molecular weight excluding hydrogens is 320 g/mol. The van der Waals surface area contributed by atoms with E-state index in [9.17, 15) is 14.4 Å². The maximum absolute atomic E-state index is 12.3. The number of pyridine rings is 1. The molecule has 0 spiro atoms. The molecule has 25 heavy (non-hydrogen) atoms. The van der Waals surface area contributed by atoms with Gasteiger partial charge in [0.05, 0.1) is 12.1 Å². The fourth-order valence-electron chi connectivity index (χ4n) is 2.91. The largest absolute Gasteiger partial charge is 0.350 e. The summed E-state index contributed by atoms with van der Waals surface area (Å²) in [5, 5.41) is 6.32. The van der Waals surface area contributed by atoms with Gasteiger partial charge in [0, 0.05) is 37.6 Å². The number of carbonyl (C=O) groups excluding carboxylic acids is 2. The summed E-state index contributed by atoms with van der Waals surface area (Å²) in [6, 6.07) is 4.95. The molecule has 2 amide bonds. The number of piperazine rings is 1. The highest BCUT2D eigenvalue weighted by Gasteiger charge is 2.17. The third-order valence-electron chi connectivity index (χ3n) is 4.56. The highest BCUT2D eigenvalue weighted by atomic mass is 16.2. The van der Waals surface area contributed by atoms with Crippen molar-refractivity contribution in [3.05, 3.63) is 45.2 Å². The Balaban J connectivity index is 1.74. The van der Waals surface area contributed by atoms with Gasteiger partial charge in [0.25, 0.3) is 5.91 Å². The van der Waals surface area contributed by atoms with Crippen molar-refractivity contribution < 1.29 is 9.59 Å². The lowest BCUT2D eigenvalue weighted by atomic mass is 10.1. The molecule has 0 atom stereocenters. The summed E-state index contributed by atoms with van der Waals surface area (Å²) >= 11 is 0. The number of carbonyl (C=O) groups is 2. The fraction of sp³-hybridized carbons (Fsp3) is 0.389. The number of fused-ring (bicyclic) bond motifs is 1. The Hall–Kier alpha value is -2.67. The van der Waals surface area contributed by atoms with Crippen LogP contribution in [0.3, 0.4) is 0 Å². The molecule has 2 aromatic rings. The van der Waals surface area contributed by atoms with E-state index in [2.05, 4.69) is 15.6 Å². The Bertz CT molecular complexity index is 882. The van der Waals surface area contributed by atoms with Gasteiger partial charge in [0.2, 0.25) is 5.91 Å². The number of rotatable bonds is 3. The van der Waals surface area contributed by atoms with E-state index in [1.807, 2.05) is 26.0 Å². The van der Waals surface area contributed by atoms with Gasteiger partial charge in [0.1, 0.15) is 5.69 Å². The predicted octanol–water partition coefficient (Wildman–Crippen LogP) is 0.307. The molecule has 1 aliphatic rings. The van der Waals surface area contributed by atoms with Crippen LogP contribution < -0.4 is 16.1 Å². The minimum absolute atomic E-state index is 0.0776. The van der Waals surface area contributed by atoms with Crippen molar-refractivity contribution >= 4 is 22.7 Å². The molecule has 0 saturated carbocycles. The van der Waals surface area contributed by atoms with Crippen LogP contribution in [0.5, 0.6) is 0 Å². The SMILES string of the molecule is Cc1cc2[nH]c(C(=O)NCC(=O)N3CCNCC3)cc(=O)c2cc1C. The molecule has 3 N–H and O–H groups in total. The van der Waals surface area contributed by atoms with E-state index in [1.165, 1.54) is 6.07 Å². The molecule has 1 aromatic carbocycles. The molecule has 1 aromatic heterocycles. The van der Waals surface area contributed by atoms with Crippen molar-refractivity contribution in [3.8, 4) is 0 Å². The lowest BCUT2D eigenvalue weighted by Gasteiger charge is -2.27. The fourth-order valence-corrected chi connectivity index (χ4v) is 2.91. The topological polar surface area (TPSA) is 94.3 Å². The van der Waals surface area contributed by atoms with Crippen molar-refractivity contribution in [2.45, 2.75) is 13.8 Å². The van der Waals surface area contributed by atoms with Crippen molar-refractivity contribution in [2.75, 3.05) is 32.7 Å². The molecule has 0 bridgehead atoms. The monoisotopic (exact) mass is 342 g/mol. The van der Waals surface area contributed by atoms with Crippen molar-refractivity contribution in [3.63, 3.8) is 0 Å². The predicted molar refractivity (Wildman–Crippen MR) is 95.8 cm³/mol. The summed E-state index contributed by atoms with van der Waals surface area (Å²) < 4.78 is 0. The van der Waals surface area contributed by atoms with Crippen LogP contribution in [-0.2, 0) is 4.79 Å². The summed E-state index contributed by atoms with van der Waals surface area (Å²) in [7, 11) is 0. The molecule has 0 unspecified atom stereocenters. The van der Waals surface area contributed by atoms with Gasteiger partial charge in [-0.1, -0.05) is 0 Å². The lowest BCUT2D eigenvalue weighted by molar-refractivity contribution is -0.130. The second kappa shape index (κ2) is 7.06. The Kier molecular flexibility index (Phi) is 4.85. The summed E-state index contributed by atoms with van der Waals surface area (Å²) in [5.41, 5.74) is 2.63. The summed E-state index contributed by atoms with van der Waals surface area (Å²) in [6.45, 7) is 6.61. The van der Waals surface area contributed by atoms with Gasteiger partial charge in [-0.2, -0.15) is 0 Å². The second-order valence-electron chi connectivity index (χ2n) is 6.34. The van der Waals surface area contributed by atoms with Gasteiger partial charge in [-0.3, -0.25) is 14.4 Å². The smallest absolute Gasteiger partial charge is 0.268 e. The summed E-state index contributed by atoms with van der Waals surface area (Å²) in [6.07, 6.45) is 0. The first kappa shape index (κ1) is 17.2. The maximum atomic E-state index is 12.3. The molecular formula is C18H22N4O3. The number of nitrogens with one attached hydrogen (secondary N) is 3. The molecule has 0 aliphatic carbocycles. The zero-order valence-corrected chi connectivity index (χ0v) is 14.4. The van der Waals surface area contributed by atoms with Gasteiger partial charge in [0.15, 0.2) is 5.43 Å². The molecule has 7 nitrogen and oxygen atoms in total. The first-order valence-electron chi connectivity index (χ1n) is 8.36. The number of nitrogens with zero attached hydrogens (tertiary/aromatic N) is 1. The Morgan fingerprint density at radius 3 is 2.52 bits per heavy atom. The van der Waals surface area contributed by atoms with Crippen LogP contribution in [0.4, 0.5) is 0 Å². The van der Waals surface area contributed by atoms with Crippen LogP contribution in [0.15, 0.2) is 23.0 Å². The van der Waals surface area contributed by atoms with Crippen LogP contribution in [0, 0.1) is 13.8 Å². The third kappa shape index (κ3) is 3.71. The van der Waals surface area contributed by atoms with Crippen molar-refractivity contribution in [1.82, 2.24) is 20.5 Å². The summed E-state index contributed by atoms with van der Waals surface area (Å²) in [5.74, 6) is -0.579. The normalized spacial score (nSPS) is 14.6. The third-order valence-corrected chi connectivity index (χ3v) is 4.56. The quantitative estimate of drug-likeness (QED) is 0.748. The van der Waals surface area contributed by atoms with Crippen LogP contribution in [0.25, 0.3) is 10.9 Å². The molecule has 1 saturated heterocycles. The van der Waals surface area contributed by atoms with E-state index in [0.29, 0.717) is 24.0 Å². The van der Waals surface area contributed by atoms with E-state index in [-0.39, 0.29) is 23.6 Å². The first-order chi connectivity index (χ1) is 12.0. The van der Waals surface area contributed by atoms with Crippen LogP contribution >= 0.6 is 0 Å². The highest BCUT2D eigenvalue weighted by molar-refractivity contribution is 5.97. The lowest BCUT2D eigenvalue weighted by Crippen LogP contribution is -2.49. The molecule has 1 aliphatic heterocycles. The highest BCUT2D eigenvalue weighted by Crippen LogP contribution is 2.15. The van der Waals surface area contributed by atoms with Gasteiger partial charge in [-0.15, -0.1) is 0 Å². The van der Waals surface area contributed by atoms with Gasteiger partial charge < -0.3 is 20.5 Å². The molecule has 0 radical (unpaired) electrons. The van der Waals surface area contributed by atoms with E-state index >= 15 is 0 Å². The van der Waals surface area contributed by atoms with E-state index in [4.69, 9.17) is 0 Å². The maximum Gasteiger partial charge on any atom is 0.268 e. The zero-order valence-electron chi connectivity index (χ0n) is 14.4. The van der Waals surface area contributed by atoms with Gasteiger partial charge in [-0.25, -0.2) is 0 Å². The van der Waals surface area contributed by atoms with Crippen LogP contribution in [0.1, 0.15) is 21.6 Å². The average molecular weight is 342 g/mol. The number of hydrogen-bond donors (Lipinski definition) is 3. The van der Waals surface area contributed by atoms with Crippen LogP contribution in [0.2, 0.25) is 0 Å². The number of H-pyrrole nitrogens is 1. The average Bonchev–Trinajstić information content (AvgIpc) is 2.61. The van der Waals surface area contributed by atoms with Crippen molar-refractivity contribution in [2.24, 2.45) is 0 Å². The number of amides is 2. The number of benzene rings is 1. The minimum atomic E-state index is -0.458. The second-order valence-corrected chi connectivity index (χ2v) is 6.34. The number of aromatic amines is 1.